The van der Waals surface area contributed by atoms with Crippen LogP contribution in [0.5, 0.6) is 0 Å². The van der Waals surface area contributed by atoms with E-state index in [2.05, 4.69) is 19.2 Å². The number of benzene rings is 1. The lowest BCUT2D eigenvalue weighted by atomic mass is 9.95. The van der Waals surface area contributed by atoms with E-state index in [0.717, 1.165) is 31.5 Å². The van der Waals surface area contributed by atoms with Gasteiger partial charge in [0.25, 0.3) is 0 Å². The fraction of sp³-hybridized carbons (Fsp3) is 0.571. The van der Waals surface area contributed by atoms with E-state index in [9.17, 15) is 4.39 Å². The molecule has 1 nitrogen and oxygen atoms in total. The van der Waals surface area contributed by atoms with Crippen LogP contribution in [-0.4, -0.2) is 13.1 Å². The molecule has 1 saturated carbocycles. The van der Waals surface area contributed by atoms with E-state index in [4.69, 9.17) is 0 Å². The van der Waals surface area contributed by atoms with Crippen molar-refractivity contribution in [3.8, 4) is 0 Å². The van der Waals surface area contributed by atoms with Gasteiger partial charge < -0.3 is 5.32 Å². The van der Waals surface area contributed by atoms with E-state index in [-0.39, 0.29) is 11.2 Å². The Bertz CT molecular complexity index is 356. The molecule has 1 aliphatic rings. The molecular weight excluding hydrogens is 201 g/mol. The monoisotopic (exact) mass is 221 g/mol. The molecule has 0 amide bonds. The van der Waals surface area contributed by atoms with Gasteiger partial charge in [-0.15, -0.1) is 0 Å². The van der Waals surface area contributed by atoms with Gasteiger partial charge in [-0.1, -0.05) is 32.0 Å². The van der Waals surface area contributed by atoms with Crippen LogP contribution in [0, 0.1) is 11.7 Å². The minimum Gasteiger partial charge on any atom is -0.316 e. The largest absolute Gasteiger partial charge is 0.316 e. The van der Waals surface area contributed by atoms with Crippen LogP contribution in [0.2, 0.25) is 0 Å². The zero-order valence-electron chi connectivity index (χ0n) is 10.1. The maximum atomic E-state index is 13.7. The lowest BCUT2D eigenvalue weighted by molar-refractivity contribution is 0.493. The highest BCUT2D eigenvalue weighted by molar-refractivity contribution is 5.33. The third-order valence-electron chi connectivity index (χ3n) is 3.31. The third-order valence-corrected chi connectivity index (χ3v) is 3.31. The van der Waals surface area contributed by atoms with Gasteiger partial charge in [-0.3, -0.25) is 0 Å². The molecule has 2 rings (SSSR count). The second-order valence-electron chi connectivity index (χ2n) is 5.28. The Morgan fingerprint density at radius 3 is 2.56 bits per heavy atom. The van der Waals surface area contributed by atoms with Crippen molar-refractivity contribution in [3.63, 3.8) is 0 Å². The Morgan fingerprint density at radius 2 is 2.00 bits per heavy atom. The molecule has 1 fully saturated rings. The molecule has 1 aliphatic carbocycles. The van der Waals surface area contributed by atoms with E-state index in [1.807, 2.05) is 12.1 Å². The Hall–Kier alpha value is -0.890. The molecule has 0 atom stereocenters. The van der Waals surface area contributed by atoms with Crippen molar-refractivity contribution in [1.82, 2.24) is 5.32 Å². The van der Waals surface area contributed by atoms with Crippen LogP contribution < -0.4 is 5.32 Å². The van der Waals surface area contributed by atoms with Crippen molar-refractivity contribution >= 4 is 0 Å². The topological polar surface area (TPSA) is 12.0 Å². The summed E-state index contributed by atoms with van der Waals surface area (Å²) < 4.78 is 13.7. The Kier molecular flexibility index (Phi) is 3.29. The summed E-state index contributed by atoms with van der Waals surface area (Å²) in [6.07, 6.45) is 2.22. The van der Waals surface area contributed by atoms with Gasteiger partial charge in [-0.25, -0.2) is 4.39 Å². The molecule has 0 aromatic heterocycles. The summed E-state index contributed by atoms with van der Waals surface area (Å²) >= 11 is 0. The zero-order chi connectivity index (χ0) is 11.6. The molecule has 0 aliphatic heterocycles. The highest BCUT2D eigenvalue weighted by Gasteiger charge is 2.45. The molecule has 1 aromatic rings. The van der Waals surface area contributed by atoms with Crippen molar-refractivity contribution in [2.24, 2.45) is 5.92 Å². The first-order valence-corrected chi connectivity index (χ1v) is 6.10. The Balaban J connectivity index is 2.00. The average Bonchev–Trinajstić information content (AvgIpc) is 2.99. The van der Waals surface area contributed by atoms with Crippen molar-refractivity contribution in [3.05, 3.63) is 35.6 Å². The number of rotatable bonds is 5. The highest BCUT2D eigenvalue weighted by atomic mass is 19.1. The second kappa shape index (κ2) is 4.54. The average molecular weight is 221 g/mol. The molecule has 2 heteroatoms. The standard InChI is InChI=1S/C14H20FN/c1-11(2)9-16-10-14(7-8-14)12-5-3-4-6-13(12)15/h3-6,11,16H,7-10H2,1-2H3. The molecule has 1 N–H and O–H groups in total. The van der Waals surface area contributed by atoms with Crippen molar-refractivity contribution in [1.29, 1.82) is 0 Å². The third kappa shape index (κ3) is 2.43. The molecule has 0 radical (unpaired) electrons. The number of hydrogen-bond donors (Lipinski definition) is 1. The van der Waals surface area contributed by atoms with Crippen LogP contribution >= 0.6 is 0 Å². The lowest BCUT2D eigenvalue weighted by Gasteiger charge is -2.18. The fourth-order valence-corrected chi connectivity index (χ4v) is 2.18. The first-order valence-electron chi connectivity index (χ1n) is 6.10. The Morgan fingerprint density at radius 1 is 1.31 bits per heavy atom. The quantitative estimate of drug-likeness (QED) is 0.805. The maximum absolute atomic E-state index is 13.7. The van der Waals surface area contributed by atoms with Crippen molar-refractivity contribution in [2.75, 3.05) is 13.1 Å². The van der Waals surface area contributed by atoms with E-state index < -0.39 is 0 Å². The van der Waals surface area contributed by atoms with Gasteiger partial charge >= 0.3 is 0 Å². The van der Waals surface area contributed by atoms with Crippen molar-refractivity contribution < 1.29 is 4.39 Å². The van der Waals surface area contributed by atoms with Crippen LogP contribution in [0.4, 0.5) is 4.39 Å². The fourth-order valence-electron chi connectivity index (χ4n) is 2.18. The summed E-state index contributed by atoms with van der Waals surface area (Å²) in [6, 6.07) is 7.19. The molecule has 0 spiro atoms. The molecular formula is C14H20FN. The minimum atomic E-state index is -0.0497. The summed E-state index contributed by atoms with van der Waals surface area (Å²) in [4.78, 5) is 0. The van der Waals surface area contributed by atoms with E-state index >= 15 is 0 Å². The predicted octanol–water partition coefficient (Wildman–Crippen LogP) is 3.10. The predicted molar refractivity (Wildman–Crippen MR) is 65.0 cm³/mol. The molecule has 0 saturated heterocycles. The van der Waals surface area contributed by atoms with Gasteiger partial charge in [0.15, 0.2) is 0 Å². The highest BCUT2D eigenvalue weighted by Crippen LogP contribution is 2.48. The van der Waals surface area contributed by atoms with Crippen LogP contribution in [0.15, 0.2) is 24.3 Å². The van der Waals surface area contributed by atoms with Gasteiger partial charge in [-0.05, 0) is 36.9 Å². The first kappa shape index (κ1) is 11.6. The van der Waals surface area contributed by atoms with Gasteiger partial charge in [0, 0.05) is 12.0 Å². The summed E-state index contributed by atoms with van der Waals surface area (Å²) in [7, 11) is 0. The van der Waals surface area contributed by atoms with Gasteiger partial charge in [0.05, 0.1) is 0 Å². The summed E-state index contributed by atoms with van der Waals surface area (Å²) in [5.41, 5.74) is 0.978. The molecule has 16 heavy (non-hydrogen) atoms. The van der Waals surface area contributed by atoms with E-state index in [1.165, 1.54) is 0 Å². The SMILES string of the molecule is CC(C)CNCC1(c2ccccc2F)CC1. The van der Waals surface area contributed by atoms with Gasteiger partial charge in [0.2, 0.25) is 0 Å². The molecule has 0 heterocycles. The second-order valence-corrected chi connectivity index (χ2v) is 5.28. The molecule has 88 valence electrons. The minimum absolute atomic E-state index is 0.0497. The van der Waals surface area contributed by atoms with Crippen LogP contribution in [0.3, 0.4) is 0 Å². The maximum Gasteiger partial charge on any atom is 0.127 e. The van der Waals surface area contributed by atoms with Crippen molar-refractivity contribution in [2.45, 2.75) is 32.1 Å². The lowest BCUT2D eigenvalue weighted by Crippen LogP contribution is -2.30. The smallest absolute Gasteiger partial charge is 0.127 e. The molecule has 0 bridgehead atoms. The van der Waals surface area contributed by atoms with E-state index in [1.54, 1.807) is 12.1 Å². The molecule has 0 unspecified atom stereocenters. The number of hydrogen-bond acceptors (Lipinski definition) is 1. The van der Waals surface area contributed by atoms with Gasteiger partial charge in [0.1, 0.15) is 5.82 Å². The Labute approximate surface area is 97.1 Å². The summed E-state index contributed by atoms with van der Waals surface area (Å²) in [5, 5.41) is 3.45. The van der Waals surface area contributed by atoms with Gasteiger partial charge in [-0.2, -0.15) is 0 Å². The zero-order valence-corrected chi connectivity index (χ0v) is 10.1. The van der Waals surface area contributed by atoms with E-state index in [0.29, 0.717) is 5.92 Å². The van der Waals surface area contributed by atoms with Crippen LogP contribution in [-0.2, 0) is 5.41 Å². The molecule has 1 aromatic carbocycles. The first-order chi connectivity index (χ1) is 7.64. The summed E-state index contributed by atoms with van der Waals surface area (Å²) in [5.74, 6) is 0.600. The van der Waals surface area contributed by atoms with Crippen LogP contribution in [0.1, 0.15) is 32.3 Å². The number of halogens is 1. The van der Waals surface area contributed by atoms with Crippen LogP contribution in [0.25, 0.3) is 0 Å². The summed E-state index contributed by atoms with van der Waals surface area (Å²) in [6.45, 7) is 6.30. The normalized spacial score (nSPS) is 17.8. The number of nitrogens with one attached hydrogen (secondary N) is 1.